The predicted octanol–water partition coefficient (Wildman–Crippen LogP) is 4.46. The Hall–Kier alpha value is -2.73. The van der Waals surface area contributed by atoms with Crippen LogP contribution in [0.25, 0.3) is 0 Å². The van der Waals surface area contributed by atoms with E-state index in [0.717, 1.165) is 22.6 Å². The van der Waals surface area contributed by atoms with Gasteiger partial charge in [0.25, 0.3) is 0 Å². The van der Waals surface area contributed by atoms with Gasteiger partial charge >= 0.3 is 6.03 Å². The van der Waals surface area contributed by atoms with Gasteiger partial charge in [-0.2, -0.15) is 0 Å². The van der Waals surface area contributed by atoms with Crippen LogP contribution >= 0.6 is 11.6 Å². The Morgan fingerprint density at radius 3 is 2.83 bits per heavy atom. The third kappa shape index (κ3) is 5.64. The minimum atomic E-state index is -0.232. The Bertz CT molecular complexity index is 885. The minimum Gasteiger partial charge on any atom is -0.497 e. The molecule has 0 fully saturated rings. The van der Waals surface area contributed by atoms with E-state index in [4.69, 9.17) is 21.2 Å². The van der Waals surface area contributed by atoms with E-state index in [-0.39, 0.29) is 18.2 Å². The SMILES string of the molecule is COc1cccc(CN(C[C@H]2CC(c3ccccc3Cl)=NO2)C(=O)NC(C)C)c1. The number of carbonyl (C=O) groups is 1. The summed E-state index contributed by atoms with van der Waals surface area (Å²) in [5.74, 6) is 0.758. The topological polar surface area (TPSA) is 63.2 Å². The molecule has 0 saturated carbocycles. The van der Waals surface area contributed by atoms with Crippen molar-refractivity contribution in [2.24, 2.45) is 5.16 Å². The first-order valence-corrected chi connectivity index (χ1v) is 10.00. The highest BCUT2D eigenvalue weighted by Gasteiger charge is 2.28. The van der Waals surface area contributed by atoms with Crippen LogP contribution in [0.15, 0.2) is 53.7 Å². The van der Waals surface area contributed by atoms with Gasteiger partial charge in [-0.25, -0.2) is 4.79 Å². The van der Waals surface area contributed by atoms with Crippen LogP contribution in [0.4, 0.5) is 4.79 Å². The number of amides is 2. The van der Waals surface area contributed by atoms with Gasteiger partial charge in [0, 0.05) is 29.6 Å². The van der Waals surface area contributed by atoms with Gasteiger partial charge in [0.1, 0.15) is 5.75 Å². The highest BCUT2D eigenvalue weighted by molar-refractivity contribution is 6.34. The number of rotatable bonds is 7. The number of urea groups is 1. The summed E-state index contributed by atoms with van der Waals surface area (Å²) in [5.41, 5.74) is 2.64. The van der Waals surface area contributed by atoms with Crippen LogP contribution < -0.4 is 10.1 Å². The highest BCUT2D eigenvalue weighted by atomic mass is 35.5. The smallest absolute Gasteiger partial charge is 0.318 e. The van der Waals surface area contributed by atoms with Gasteiger partial charge in [-0.05, 0) is 37.6 Å². The maximum atomic E-state index is 12.8. The number of nitrogens with one attached hydrogen (secondary N) is 1. The standard InChI is InChI=1S/C22H26ClN3O3/c1-15(2)24-22(27)26(13-16-7-6-8-17(11-16)28-3)14-18-12-21(25-29-18)19-9-4-5-10-20(19)23/h4-11,15,18H,12-14H2,1-3H3,(H,24,27)/t18-/m1/s1. The van der Waals surface area contributed by atoms with Crippen LogP contribution in [0.1, 0.15) is 31.4 Å². The normalized spacial score (nSPS) is 15.6. The molecule has 0 aromatic heterocycles. The minimum absolute atomic E-state index is 0.0368. The van der Waals surface area contributed by atoms with E-state index in [2.05, 4.69) is 10.5 Å². The monoisotopic (exact) mass is 415 g/mol. The Morgan fingerprint density at radius 2 is 2.10 bits per heavy atom. The molecule has 6 nitrogen and oxygen atoms in total. The average molecular weight is 416 g/mol. The van der Waals surface area contributed by atoms with Crippen LogP contribution in [0.2, 0.25) is 5.02 Å². The molecule has 3 rings (SSSR count). The zero-order valence-electron chi connectivity index (χ0n) is 16.9. The maximum absolute atomic E-state index is 12.8. The summed E-state index contributed by atoms with van der Waals surface area (Å²) in [6.07, 6.45) is 0.359. The number of hydrogen-bond donors (Lipinski definition) is 1. The van der Waals surface area contributed by atoms with Crippen molar-refractivity contribution in [3.8, 4) is 5.75 Å². The molecule has 1 atom stereocenters. The van der Waals surface area contributed by atoms with Gasteiger partial charge in [0.2, 0.25) is 0 Å². The average Bonchev–Trinajstić information content (AvgIpc) is 3.16. The number of benzene rings is 2. The van der Waals surface area contributed by atoms with Crippen LogP contribution in [-0.4, -0.2) is 42.4 Å². The molecule has 2 amide bonds. The zero-order valence-corrected chi connectivity index (χ0v) is 17.6. The Labute approximate surface area is 176 Å². The third-order valence-electron chi connectivity index (χ3n) is 4.55. The van der Waals surface area contributed by atoms with E-state index in [0.29, 0.717) is 24.5 Å². The van der Waals surface area contributed by atoms with Crippen molar-refractivity contribution in [2.45, 2.75) is 39.0 Å². The number of halogens is 1. The molecule has 2 aromatic rings. The van der Waals surface area contributed by atoms with Crippen molar-refractivity contribution in [3.63, 3.8) is 0 Å². The number of hydrogen-bond acceptors (Lipinski definition) is 4. The molecule has 0 bridgehead atoms. The Kier molecular flexibility index (Phi) is 6.99. The summed E-state index contributed by atoms with van der Waals surface area (Å²) in [5, 5.41) is 7.81. The second-order valence-electron chi connectivity index (χ2n) is 7.29. The summed E-state index contributed by atoms with van der Waals surface area (Å²) < 4.78 is 5.29. The van der Waals surface area contributed by atoms with Gasteiger partial charge in [0.15, 0.2) is 6.10 Å². The Morgan fingerprint density at radius 1 is 1.31 bits per heavy atom. The fourth-order valence-electron chi connectivity index (χ4n) is 3.18. The second-order valence-corrected chi connectivity index (χ2v) is 7.69. The van der Waals surface area contributed by atoms with Crippen molar-refractivity contribution in [1.82, 2.24) is 10.2 Å². The number of carbonyl (C=O) groups excluding carboxylic acids is 1. The van der Waals surface area contributed by atoms with E-state index in [1.54, 1.807) is 12.0 Å². The molecule has 1 aliphatic heterocycles. The van der Waals surface area contributed by atoms with Crippen LogP contribution in [0.3, 0.4) is 0 Å². The summed E-state index contributed by atoms with van der Waals surface area (Å²) >= 11 is 6.28. The number of nitrogens with zero attached hydrogens (tertiary/aromatic N) is 2. The van der Waals surface area contributed by atoms with Crippen LogP contribution in [0.5, 0.6) is 5.75 Å². The van der Waals surface area contributed by atoms with E-state index >= 15 is 0 Å². The molecule has 1 N–H and O–H groups in total. The van der Waals surface area contributed by atoms with E-state index < -0.39 is 0 Å². The van der Waals surface area contributed by atoms with Crippen LogP contribution in [-0.2, 0) is 11.4 Å². The number of ether oxygens (including phenoxy) is 1. The van der Waals surface area contributed by atoms with Gasteiger partial charge in [-0.3, -0.25) is 0 Å². The number of oxime groups is 1. The van der Waals surface area contributed by atoms with Crippen molar-refractivity contribution in [2.75, 3.05) is 13.7 Å². The van der Waals surface area contributed by atoms with E-state index in [1.165, 1.54) is 0 Å². The summed E-state index contributed by atoms with van der Waals surface area (Å²) in [7, 11) is 1.63. The summed E-state index contributed by atoms with van der Waals surface area (Å²) in [4.78, 5) is 20.1. The zero-order chi connectivity index (χ0) is 20.8. The molecule has 7 heteroatoms. The molecule has 0 unspecified atom stereocenters. The molecule has 0 radical (unpaired) electrons. The van der Waals surface area contributed by atoms with Crippen molar-refractivity contribution >= 4 is 23.3 Å². The van der Waals surface area contributed by atoms with E-state index in [1.807, 2.05) is 62.4 Å². The summed E-state index contributed by atoms with van der Waals surface area (Å²) in [6, 6.07) is 15.1. The highest BCUT2D eigenvalue weighted by Crippen LogP contribution is 2.24. The summed E-state index contributed by atoms with van der Waals surface area (Å²) in [6.45, 7) is 4.73. The van der Waals surface area contributed by atoms with Gasteiger partial charge < -0.3 is 19.8 Å². The molecule has 154 valence electrons. The molecule has 2 aromatic carbocycles. The lowest BCUT2D eigenvalue weighted by atomic mass is 10.0. The van der Waals surface area contributed by atoms with Gasteiger partial charge in [-0.1, -0.05) is 47.1 Å². The van der Waals surface area contributed by atoms with Crippen molar-refractivity contribution < 1.29 is 14.4 Å². The van der Waals surface area contributed by atoms with Crippen molar-refractivity contribution in [1.29, 1.82) is 0 Å². The molecule has 29 heavy (non-hydrogen) atoms. The largest absolute Gasteiger partial charge is 0.497 e. The molecule has 0 saturated heterocycles. The first-order valence-electron chi connectivity index (χ1n) is 9.62. The lowest BCUT2D eigenvalue weighted by Gasteiger charge is -2.26. The maximum Gasteiger partial charge on any atom is 0.318 e. The van der Waals surface area contributed by atoms with E-state index in [9.17, 15) is 4.79 Å². The first-order chi connectivity index (χ1) is 14.0. The third-order valence-corrected chi connectivity index (χ3v) is 4.88. The van der Waals surface area contributed by atoms with Gasteiger partial charge in [-0.15, -0.1) is 0 Å². The molecule has 1 heterocycles. The first kappa shape index (κ1) is 21.0. The van der Waals surface area contributed by atoms with Gasteiger partial charge in [0.05, 0.1) is 19.4 Å². The molecule has 0 spiro atoms. The Balaban J connectivity index is 1.70. The molecule has 0 aliphatic carbocycles. The molecular weight excluding hydrogens is 390 g/mol. The lowest BCUT2D eigenvalue weighted by molar-refractivity contribution is 0.0586. The molecular formula is C22H26ClN3O3. The molecule has 1 aliphatic rings. The second kappa shape index (κ2) is 9.65. The fraction of sp³-hybridized carbons (Fsp3) is 0.364. The fourth-order valence-corrected chi connectivity index (χ4v) is 3.42. The number of methoxy groups -OCH3 is 1. The predicted molar refractivity (Wildman–Crippen MR) is 115 cm³/mol. The quantitative estimate of drug-likeness (QED) is 0.726. The lowest BCUT2D eigenvalue weighted by Crippen LogP contribution is -2.45. The van der Waals surface area contributed by atoms with Crippen LogP contribution in [0, 0.1) is 0 Å². The van der Waals surface area contributed by atoms with Crippen molar-refractivity contribution in [3.05, 3.63) is 64.7 Å².